The van der Waals surface area contributed by atoms with Crippen LogP contribution < -0.4 is 5.14 Å². The summed E-state index contributed by atoms with van der Waals surface area (Å²) in [5.74, 6) is -0.574. The highest BCUT2D eigenvalue weighted by atomic mass is 35.5. The zero-order valence-electron chi connectivity index (χ0n) is 13.2. The van der Waals surface area contributed by atoms with Crippen LogP contribution in [0, 0.1) is 5.92 Å². The molecule has 1 aromatic rings. The van der Waals surface area contributed by atoms with E-state index in [1.807, 2.05) is 0 Å². The molecule has 0 bridgehead atoms. The molecule has 0 saturated carbocycles. The van der Waals surface area contributed by atoms with Gasteiger partial charge in [-0.15, -0.1) is 0 Å². The van der Waals surface area contributed by atoms with Gasteiger partial charge in [0.25, 0.3) is 5.91 Å². The highest BCUT2D eigenvalue weighted by Crippen LogP contribution is 2.21. The first-order valence-corrected chi connectivity index (χ1v) is 9.38. The molecule has 1 aliphatic rings. The molecule has 1 fully saturated rings. The Morgan fingerprint density at radius 1 is 1.33 bits per heavy atom. The average molecular weight is 375 g/mol. The van der Waals surface area contributed by atoms with Gasteiger partial charge in [-0.25, -0.2) is 18.4 Å². The van der Waals surface area contributed by atoms with Crippen molar-refractivity contribution in [2.24, 2.45) is 11.1 Å². The molecule has 1 aliphatic heterocycles. The number of likely N-dealkylation sites (tertiary alicyclic amines) is 1. The van der Waals surface area contributed by atoms with E-state index >= 15 is 0 Å². The number of hydrogen-bond donors (Lipinski definition) is 1. The third kappa shape index (κ3) is 4.68. The van der Waals surface area contributed by atoms with E-state index in [1.54, 1.807) is 4.90 Å². The summed E-state index contributed by atoms with van der Waals surface area (Å²) < 4.78 is 27.6. The number of hydrogen-bond acceptors (Lipinski definition) is 5. The molecule has 0 unspecified atom stereocenters. The molecule has 7 nitrogen and oxygen atoms in total. The molecular weight excluding hydrogens is 356 g/mol. The number of halogens is 1. The van der Waals surface area contributed by atoms with Crippen LogP contribution in [0.15, 0.2) is 23.1 Å². The average Bonchev–Trinajstić information content (AvgIpc) is 2.52. The summed E-state index contributed by atoms with van der Waals surface area (Å²) in [5, 5.41) is 5.04. The second-order valence-electron chi connectivity index (χ2n) is 5.83. The summed E-state index contributed by atoms with van der Waals surface area (Å²) in [6.45, 7) is 2.99. The Labute approximate surface area is 145 Å². The first kappa shape index (κ1) is 18.7. The van der Waals surface area contributed by atoms with Crippen LogP contribution in [0.1, 0.15) is 30.1 Å². The fraction of sp³-hybridized carbons (Fsp3) is 0.467. The summed E-state index contributed by atoms with van der Waals surface area (Å²) in [6, 6.07) is 3.47. The number of rotatable bonds is 4. The van der Waals surface area contributed by atoms with Crippen molar-refractivity contribution >= 4 is 33.5 Å². The maximum Gasteiger partial charge on any atom is 0.340 e. The fourth-order valence-electron chi connectivity index (χ4n) is 2.39. The molecule has 132 valence electrons. The number of esters is 1. The molecule has 0 atom stereocenters. The van der Waals surface area contributed by atoms with Gasteiger partial charge in [0, 0.05) is 13.1 Å². The van der Waals surface area contributed by atoms with Gasteiger partial charge in [0.2, 0.25) is 10.0 Å². The molecule has 0 radical (unpaired) electrons. The zero-order chi connectivity index (χ0) is 17.9. The molecular formula is C15H19ClN2O5S. The third-order valence-corrected chi connectivity index (χ3v) is 5.19. The second-order valence-corrected chi connectivity index (χ2v) is 7.79. The quantitative estimate of drug-likeness (QED) is 0.801. The second kappa shape index (κ2) is 7.50. The summed E-state index contributed by atoms with van der Waals surface area (Å²) in [5.41, 5.74) is -0.150. The van der Waals surface area contributed by atoms with E-state index in [9.17, 15) is 18.0 Å². The minimum atomic E-state index is -3.97. The van der Waals surface area contributed by atoms with Crippen LogP contribution in [0.25, 0.3) is 0 Å². The van der Waals surface area contributed by atoms with E-state index in [4.69, 9.17) is 21.5 Å². The maximum atomic E-state index is 12.1. The number of benzene rings is 1. The van der Waals surface area contributed by atoms with Crippen molar-refractivity contribution in [1.82, 2.24) is 4.90 Å². The van der Waals surface area contributed by atoms with Crippen molar-refractivity contribution in [1.29, 1.82) is 0 Å². The Hall–Kier alpha value is -1.64. The number of carbonyl (C=O) groups excluding carboxylic acids is 2. The topological polar surface area (TPSA) is 107 Å². The predicted octanol–water partition coefficient (Wildman–Crippen LogP) is 1.40. The lowest BCUT2D eigenvalue weighted by Gasteiger charge is -2.30. The largest absolute Gasteiger partial charge is 0.452 e. The fourth-order valence-corrected chi connectivity index (χ4v) is 3.13. The molecule has 1 amide bonds. The summed E-state index contributed by atoms with van der Waals surface area (Å²) in [7, 11) is -3.97. The molecule has 1 heterocycles. The van der Waals surface area contributed by atoms with Gasteiger partial charge in [-0.1, -0.05) is 18.5 Å². The van der Waals surface area contributed by atoms with Crippen molar-refractivity contribution in [2.45, 2.75) is 24.7 Å². The van der Waals surface area contributed by atoms with Crippen LogP contribution in [-0.4, -0.2) is 44.9 Å². The smallest absolute Gasteiger partial charge is 0.340 e. The van der Waals surface area contributed by atoms with Gasteiger partial charge in [-0.2, -0.15) is 0 Å². The molecule has 0 spiro atoms. The van der Waals surface area contributed by atoms with E-state index in [-0.39, 0.29) is 21.4 Å². The Morgan fingerprint density at radius 2 is 1.96 bits per heavy atom. The van der Waals surface area contributed by atoms with Gasteiger partial charge in [0.1, 0.15) is 0 Å². The molecule has 1 aromatic carbocycles. The van der Waals surface area contributed by atoms with Crippen LogP contribution in [0.5, 0.6) is 0 Å². The third-order valence-electron chi connectivity index (χ3n) is 3.95. The predicted molar refractivity (Wildman–Crippen MR) is 88.1 cm³/mol. The number of nitrogens with zero attached hydrogens (tertiary/aromatic N) is 1. The molecule has 24 heavy (non-hydrogen) atoms. The van der Waals surface area contributed by atoms with Crippen molar-refractivity contribution in [3.63, 3.8) is 0 Å². The molecule has 2 N–H and O–H groups in total. The van der Waals surface area contributed by atoms with Crippen LogP contribution in [0.2, 0.25) is 5.02 Å². The number of piperidine rings is 1. The normalized spacial score (nSPS) is 16.0. The highest BCUT2D eigenvalue weighted by Gasteiger charge is 2.22. The molecule has 0 aromatic heterocycles. The van der Waals surface area contributed by atoms with Gasteiger partial charge < -0.3 is 9.64 Å². The van der Waals surface area contributed by atoms with E-state index in [0.29, 0.717) is 19.0 Å². The number of primary sulfonamides is 1. The lowest BCUT2D eigenvalue weighted by molar-refractivity contribution is -0.135. The van der Waals surface area contributed by atoms with Gasteiger partial charge in [0.05, 0.1) is 15.5 Å². The molecule has 9 heteroatoms. The Morgan fingerprint density at radius 3 is 2.54 bits per heavy atom. The van der Waals surface area contributed by atoms with Crippen molar-refractivity contribution in [3.8, 4) is 0 Å². The Bertz CT molecular complexity index is 742. The van der Waals surface area contributed by atoms with Crippen molar-refractivity contribution < 1.29 is 22.7 Å². The van der Waals surface area contributed by atoms with Gasteiger partial charge in [-0.05, 0) is 37.0 Å². The molecule has 1 saturated heterocycles. The van der Waals surface area contributed by atoms with Crippen LogP contribution in [0.3, 0.4) is 0 Å². The van der Waals surface area contributed by atoms with Gasteiger partial charge >= 0.3 is 5.97 Å². The maximum absolute atomic E-state index is 12.1. The van der Waals surface area contributed by atoms with E-state index in [2.05, 4.69) is 6.92 Å². The summed E-state index contributed by atoms with van der Waals surface area (Å²) >= 11 is 5.89. The van der Waals surface area contributed by atoms with Crippen molar-refractivity contribution in [2.75, 3.05) is 19.7 Å². The summed E-state index contributed by atoms with van der Waals surface area (Å²) in [4.78, 5) is 25.5. The van der Waals surface area contributed by atoms with E-state index in [1.165, 1.54) is 12.1 Å². The van der Waals surface area contributed by atoms with Crippen molar-refractivity contribution in [3.05, 3.63) is 28.8 Å². The Kier molecular flexibility index (Phi) is 5.84. The monoisotopic (exact) mass is 374 g/mol. The highest BCUT2D eigenvalue weighted by molar-refractivity contribution is 7.89. The number of nitrogens with two attached hydrogens (primary N) is 1. The number of carbonyl (C=O) groups is 2. The lowest BCUT2D eigenvalue weighted by atomic mass is 9.99. The zero-order valence-corrected chi connectivity index (χ0v) is 14.8. The van der Waals surface area contributed by atoms with E-state index < -0.39 is 22.6 Å². The van der Waals surface area contributed by atoms with Crippen LogP contribution in [0.4, 0.5) is 0 Å². The lowest BCUT2D eigenvalue weighted by Crippen LogP contribution is -2.40. The van der Waals surface area contributed by atoms with Crippen LogP contribution in [-0.2, 0) is 19.6 Å². The minimum Gasteiger partial charge on any atom is -0.452 e. The summed E-state index contributed by atoms with van der Waals surface area (Å²) in [6.07, 6.45) is 1.84. The van der Waals surface area contributed by atoms with Gasteiger partial charge in [0.15, 0.2) is 6.61 Å². The standard InChI is InChI=1S/C15H19ClN2O5S/c1-10-4-6-18(7-5-10)14(19)9-23-15(20)12-8-11(24(17,21)22)2-3-13(12)16/h2-3,8,10H,4-7,9H2,1H3,(H2,17,21,22). The first-order chi connectivity index (χ1) is 11.2. The molecule has 2 rings (SSSR count). The SMILES string of the molecule is CC1CCN(C(=O)COC(=O)c2cc(S(N)(=O)=O)ccc2Cl)CC1. The Balaban J connectivity index is 2.01. The first-order valence-electron chi connectivity index (χ1n) is 7.45. The number of amides is 1. The number of sulfonamides is 1. The van der Waals surface area contributed by atoms with Crippen LogP contribution >= 0.6 is 11.6 Å². The van der Waals surface area contributed by atoms with E-state index in [0.717, 1.165) is 18.9 Å². The number of ether oxygens (including phenoxy) is 1. The molecule has 0 aliphatic carbocycles. The van der Waals surface area contributed by atoms with Gasteiger partial charge in [-0.3, -0.25) is 4.79 Å². The minimum absolute atomic E-state index is 0.0200.